The number of hydrogen-bond donors (Lipinski definition) is 2. The van der Waals surface area contributed by atoms with Gasteiger partial charge in [0.25, 0.3) is 11.7 Å². The molecule has 27 heavy (non-hydrogen) atoms. The molecule has 6 heteroatoms. The second kappa shape index (κ2) is 7.40. The lowest BCUT2D eigenvalue weighted by molar-refractivity contribution is -0.574. The van der Waals surface area contributed by atoms with Crippen LogP contribution in [0.3, 0.4) is 0 Å². The molecule has 2 aromatic carbocycles. The summed E-state index contributed by atoms with van der Waals surface area (Å²) in [6, 6.07) is 13.6. The average molecular weight is 366 g/mol. The molecule has 1 fully saturated rings. The summed E-state index contributed by atoms with van der Waals surface area (Å²) < 4.78 is 12.9. The zero-order chi connectivity index (χ0) is 18.8. The van der Waals surface area contributed by atoms with Crippen LogP contribution in [0.5, 0.6) is 5.75 Å². The number of carbonyl (C=O) groups excluding carboxylic acids is 1. The second-order valence-electron chi connectivity index (χ2n) is 6.82. The van der Waals surface area contributed by atoms with Crippen molar-refractivity contribution in [2.24, 2.45) is 0 Å². The highest BCUT2D eigenvalue weighted by Crippen LogP contribution is 2.18. The fraction of sp³-hybridized carbons (Fsp3) is 0.333. The zero-order valence-corrected chi connectivity index (χ0v) is 15.6. The van der Waals surface area contributed by atoms with E-state index in [0.717, 1.165) is 47.7 Å². The molecule has 3 aromatic rings. The van der Waals surface area contributed by atoms with E-state index < -0.39 is 0 Å². The van der Waals surface area contributed by atoms with Crippen LogP contribution in [0.2, 0.25) is 0 Å². The highest BCUT2D eigenvalue weighted by atomic mass is 16.5. The van der Waals surface area contributed by atoms with Gasteiger partial charge in [-0.3, -0.25) is 4.79 Å². The van der Waals surface area contributed by atoms with Gasteiger partial charge >= 0.3 is 0 Å². The van der Waals surface area contributed by atoms with Gasteiger partial charge in [-0.05, 0) is 49.2 Å². The summed E-state index contributed by atoms with van der Waals surface area (Å²) in [4.78, 5) is 15.8. The maximum absolute atomic E-state index is 12.5. The van der Waals surface area contributed by atoms with Crippen LogP contribution in [0.4, 0.5) is 0 Å². The molecule has 6 nitrogen and oxygen atoms in total. The Kier molecular flexibility index (Phi) is 4.81. The first kappa shape index (κ1) is 17.5. The number of aromatic amines is 1. The number of H-pyrrole nitrogens is 1. The number of aryl methyl sites for hydroxylation is 1. The number of amides is 1. The van der Waals surface area contributed by atoms with Crippen molar-refractivity contribution in [1.29, 1.82) is 0 Å². The Morgan fingerprint density at radius 3 is 2.81 bits per heavy atom. The molecular weight excluding hydrogens is 342 g/mol. The minimum absolute atomic E-state index is 0.0735. The zero-order valence-electron chi connectivity index (χ0n) is 15.6. The van der Waals surface area contributed by atoms with Crippen molar-refractivity contribution >= 4 is 16.9 Å². The monoisotopic (exact) mass is 366 g/mol. The largest absolute Gasteiger partial charge is 0.497 e. The van der Waals surface area contributed by atoms with Crippen molar-refractivity contribution < 1.29 is 18.8 Å². The normalized spacial score (nSPS) is 16.6. The molecule has 2 heterocycles. The Morgan fingerprint density at radius 2 is 2.11 bits per heavy atom. The molecule has 1 aromatic heterocycles. The molecular formula is C21H24N3O3+. The van der Waals surface area contributed by atoms with Crippen LogP contribution in [-0.4, -0.2) is 37.3 Å². The first-order valence-electron chi connectivity index (χ1n) is 9.24. The summed E-state index contributed by atoms with van der Waals surface area (Å²) in [5.41, 5.74) is 3.63. The summed E-state index contributed by atoms with van der Waals surface area (Å²) >= 11 is 0. The molecule has 1 atom stereocenters. The number of nitrogens with zero attached hydrogens (tertiary/aromatic N) is 1. The van der Waals surface area contributed by atoms with E-state index in [1.165, 1.54) is 0 Å². The highest BCUT2D eigenvalue weighted by Gasteiger charge is 2.20. The van der Waals surface area contributed by atoms with E-state index in [0.29, 0.717) is 12.1 Å². The number of carbonyl (C=O) groups is 1. The van der Waals surface area contributed by atoms with Crippen LogP contribution < -0.4 is 14.6 Å². The minimum atomic E-state index is -0.0735. The number of benzene rings is 2. The molecule has 0 radical (unpaired) electrons. The van der Waals surface area contributed by atoms with Gasteiger partial charge in [-0.2, -0.15) is 4.57 Å². The van der Waals surface area contributed by atoms with Gasteiger partial charge in [0.1, 0.15) is 11.4 Å². The Labute approximate surface area is 158 Å². The number of nitrogens with one attached hydrogen (secondary N) is 2. The van der Waals surface area contributed by atoms with Crippen molar-refractivity contribution in [1.82, 2.24) is 10.3 Å². The molecule has 0 spiro atoms. The molecule has 0 bridgehead atoms. The lowest BCUT2D eigenvalue weighted by Crippen LogP contribution is -2.33. The Morgan fingerprint density at radius 1 is 1.30 bits per heavy atom. The maximum Gasteiger partial charge on any atom is 0.257 e. The SMILES string of the molecule is COc1ccc(-[n+]2c(C)[nH]c3cc(C(=O)NCC4CCCO4)ccc32)cc1. The van der Waals surface area contributed by atoms with Gasteiger partial charge < -0.3 is 14.8 Å². The van der Waals surface area contributed by atoms with Crippen molar-refractivity contribution in [2.75, 3.05) is 20.3 Å². The summed E-state index contributed by atoms with van der Waals surface area (Å²) in [6.45, 7) is 3.37. The van der Waals surface area contributed by atoms with Crippen molar-refractivity contribution in [2.45, 2.75) is 25.9 Å². The van der Waals surface area contributed by atoms with E-state index >= 15 is 0 Å². The number of rotatable bonds is 5. The molecule has 1 amide bonds. The van der Waals surface area contributed by atoms with Gasteiger partial charge in [0, 0.05) is 31.7 Å². The third-order valence-corrected chi connectivity index (χ3v) is 5.00. The van der Waals surface area contributed by atoms with Crippen molar-refractivity contribution in [3.63, 3.8) is 0 Å². The number of hydrogen-bond acceptors (Lipinski definition) is 3. The van der Waals surface area contributed by atoms with E-state index in [4.69, 9.17) is 9.47 Å². The highest BCUT2D eigenvalue weighted by molar-refractivity contribution is 5.97. The number of aromatic nitrogens is 2. The molecule has 1 saturated heterocycles. The van der Waals surface area contributed by atoms with Crippen LogP contribution in [0.15, 0.2) is 42.5 Å². The quantitative estimate of drug-likeness (QED) is 0.682. The summed E-state index contributed by atoms with van der Waals surface area (Å²) in [5.74, 6) is 1.74. The standard InChI is InChI=1S/C21H23N3O3/c1-14-23-19-12-15(21(25)22-13-18-4-3-11-27-18)5-10-20(19)24(14)16-6-8-17(26-2)9-7-16/h5-10,12,18H,3-4,11,13H2,1-2H3,(H,22,25)/p+1. The van der Waals surface area contributed by atoms with Gasteiger partial charge in [0.15, 0.2) is 11.0 Å². The smallest absolute Gasteiger partial charge is 0.257 e. The van der Waals surface area contributed by atoms with Crippen molar-refractivity contribution in [3.8, 4) is 11.4 Å². The number of imidazole rings is 1. The van der Waals surface area contributed by atoms with Gasteiger partial charge in [-0.15, -0.1) is 0 Å². The molecule has 4 rings (SSSR count). The van der Waals surface area contributed by atoms with Gasteiger partial charge in [-0.1, -0.05) is 0 Å². The Bertz CT molecular complexity index is 957. The molecule has 0 aliphatic carbocycles. The molecule has 2 N–H and O–H groups in total. The molecule has 1 unspecified atom stereocenters. The van der Waals surface area contributed by atoms with E-state index in [1.54, 1.807) is 7.11 Å². The van der Waals surface area contributed by atoms with E-state index in [9.17, 15) is 4.79 Å². The number of fused-ring (bicyclic) bond motifs is 1. The molecule has 1 aliphatic rings. The lowest BCUT2D eigenvalue weighted by atomic mass is 10.1. The van der Waals surface area contributed by atoms with Crippen LogP contribution in [-0.2, 0) is 4.74 Å². The van der Waals surface area contributed by atoms with E-state index in [2.05, 4.69) is 14.9 Å². The van der Waals surface area contributed by atoms with Crippen LogP contribution in [0, 0.1) is 6.92 Å². The summed E-state index contributed by atoms with van der Waals surface area (Å²) in [6.07, 6.45) is 2.22. The minimum Gasteiger partial charge on any atom is -0.497 e. The Hall–Kier alpha value is -2.86. The number of methoxy groups -OCH3 is 1. The predicted molar refractivity (Wildman–Crippen MR) is 102 cm³/mol. The average Bonchev–Trinajstić information content (AvgIpc) is 3.32. The fourth-order valence-corrected chi connectivity index (χ4v) is 3.58. The van der Waals surface area contributed by atoms with E-state index in [-0.39, 0.29) is 12.0 Å². The maximum atomic E-state index is 12.5. The summed E-state index contributed by atoms with van der Waals surface area (Å²) in [7, 11) is 1.66. The van der Waals surface area contributed by atoms with Gasteiger partial charge in [0.2, 0.25) is 0 Å². The third-order valence-electron chi connectivity index (χ3n) is 5.00. The second-order valence-corrected chi connectivity index (χ2v) is 6.82. The first-order chi connectivity index (χ1) is 13.2. The predicted octanol–water partition coefficient (Wildman–Crippen LogP) is 2.67. The fourth-order valence-electron chi connectivity index (χ4n) is 3.58. The third kappa shape index (κ3) is 3.53. The molecule has 0 saturated carbocycles. The van der Waals surface area contributed by atoms with Gasteiger partial charge in [0.05, 0.1) is 13.2 Å². The van der Waals surface area contributed by atoms with Crippen LogP contribution in [0.1, 0.15) is 29.0 Å². The lowest BCUT2D eigenvalue weighted by Gasteiger charge is -2.10. The van der Waals surface area contributed by atoms with Crippen LogP contribution >= 0.6 is 0 Å². The van der Waals surface area contributed by atoms with Gasteiger partial charge in [-0.25, -0.2) is 4.98 Å². The number of ether oxygens (including phenoxy) is 2. The topological polar surface area (TPSA) is 67.2 Å². The first-order valence-corrected chi connectivity index (χ1v) is 9.24. The molecule has 140 valence electrons. The van der Waals surface area contributed by atoms with Crippen LogP contribution in [0.25, 0.3) is 16.7 Å². The van der Waals surface area contributed by atoms with E-state index in [1.807, 2.05) is 49.4 Å². The Balaban J connectivity index is 1.58. The molecule has 1 aliphatic heterocycles. The van der Waals surface area contributed by atoms with Crippen molar-refractivity contribution in [3.05, 3.63) is 53.9 Å². The summed E-state index contributed by atoms with van der Waals surface area (Å²) in [5, 5.41) is 2.97.